The van der Waals surface area contributed by atoms with Gasteiger partial charge in [0.15, 0.2) is 11.5 Å². The molecule has 13 heavy (non-hydrogen) atoms. The summed E-state index contributed by atoms with van der Waals surface area (Å²) in [5.41, 5.74) is 1.54. The Balaban J connectivity index is 2.48. The topological polar surface area (TPSA) is 66.5 Å². The molecule has 0 unspecified atom stereocenters. The van der Waals surface area contributed by atoms with Crippen LogP contribution in [0.2, 0.25) is 0 Å². The average molecular weight is 289 g/mol. The van der Waals surface area contributed by atoms with E-state index in [0.29, 0.717) is 9.70 Å². The molecule has 2 aromatic heterocycles. The lowest BCUT2D eigenvalue weighted by molar-refractivity contribution is 1.11. The Hall–Kier alpha value is -0.920. The highest BCUT2D eigenvalue weighted by molar-refractivity contribution is 14.1. The smallest absolute Gasteiger partial charge is 0.182 e. The lowest BCUT2D eigenvalue weighted by Crippen LogP contribution is -2.08. The number of aromatic nitrogens is 4. The van der Waals surface area contributed by atoms with Crippen LogP contribution >= 0.6 is 22.6 Å². The van der Waals surface area contributed by atoms with Crippen molar-refractivity contribution in [1.82, 2.24) is 19.9 Å². The summed E-state index contributed by atoms with van der Waals surface area (Å²) in [4.78, 5) is 15.2. The highest BCUT2D eigenvalue weighted by atomic mass is 127. The van der Waals surface area contributed by atoms with E-state index in [-0.39, 0.29) is 0 Å². The molecule has 0 saturated heterocycles. The van der Waals surface area contributed by atoms with Crippen molar-refractivity contribution in [1.29, 1.82) is 0 Å². The molecule has 0 aliphatic carbocycles. The Bertz CT molecular complexity index is 410. The van der Waals surface area contributed by atoms with Crippen LogP contribution in [0.4, 0.5) is 5.82 Å². The molecule has 1 atom stereocenters. The quantitative estimate of drug-likeness (QED) is 0.500. The van der Waals surface area contributed by atoms with E-state index in [2.05, 4.69) is 47.8 Å². The van der Waals surface area contributed by atoms with Gasteiger partial charge in [-0.1, -0.05) is 22.6 Å². The number of hydrogen-bond donors (Lipinski definition) is 2. The van der Waals surface area contributed by atoms with E-state index in [1.807, 2.05) is 6.92 Å². The molecule has 0 amide bonds. The first-order valence-corrected chi connectivity index (χ1v) is 5.06. The molecule has 2 heterocycles. The molecule has 0 aromatic carbocycles. The third kappa shape index (κ3) is 1.71. The molecule has 0 radical (unpaired) electrons. The first-order chi connectivity index (χ1) is 6.27. The second kappa shape index (κ2) is 3.44. The first-order valence-electron chi connectivity index (χ1n) is 3.82. The minimum atomic E-state index is 0.319. The number of hydrogen-bond acceptors (Lipinski definition) is 4. The first kappa shape index (κ1) is 8.67. The SMILES string of the molecule is C[C@H](I)Nc1ncnc2nc[nH]c12. The number of fused-ring (bicyclic) bond motifs is 1. The summed E-state index contributed by atoms with van der Waals surface area (Å²) in [5.74, 6) is 0.796. The van der Waals surface area contributed by atoms with Gasteiger partial charge in [0.2, 0.25) is 0 Å². The van der Waals surface area contributed by atoms with Gasteiger partial charge in [0.25, 0.3) is 0 Å². The van der Waals surface area contributed by atoms with Crippen LogP contribution in [0.5, 0.6) is 0 Å². The zero-order chi connectivity index (χ0) is 9.26. The number of nitrogens with one attached hydrogen (secondary N) is 2. The van der Waals surface area contributed by atoms with Crippen LogP contribution < -0.4 is 5.32 Å². The van der Waals surface area contributed by atoms with E-state index in [0.717, 1.165) is 11.3 Å². The zero-order valence-corrected chi connectivity index (χ0v) is 9.11. The average Bonchev–Trinajstić information content (AvgIpc) is 2.51. The molecule has 2 N–H and O–H groups in total. The molecular formula is C7H8IN5. The Morgan fingerprint density at radius 3 is 3.08 bits per heavy atom. The van der Waals surface area contributed by atoms with E-state index in [9.17, 15) is 0 Å². The van der Waals surface area contributed by atoms with Crippen molar-refractivity contribution in [2.75, 3.05) is 5.32 Å². The largest absolute Gasteiger partial charge is 0.357 e. The molecule has 0 fully saturated rings. The van der Waals surface area contributed by atoms with Crippen LogP contribution in [0.1, 0.15) is 6.92 Å². The van der Waals surface area contributed by atoms with Gasteiger partial charge in [-0.2, -0.15) is 0 Å². The summed E-state index contributed by atoms with van der Waals surface area (Å²) in [6.07, 6.45) is 3.12. The second-order valence-corrected chi connectivity index (χ2v) is 4.45. The van der Waals surface area contributed by atoms with Gasteiger partial charge in [-0.3, -0.25) is 0 Å². The van der Waals surface area contributed by atoms with Crippen LogP contribution in [0.15, 0.2) is 12.7 Å². The molecule has 0 aliphatic rings. The van der Waals surface area contributed by atoms with E-state index >= 15 is 0 Å². The van der Waals surface area contributed by atoms with Gasteiger partial charge in [-0.05, 0) is 6.92 Å². The van der Waals surface area contributed by atoms with Crippen molar-refractivity contribution < 1.29 is 0 Å². The van der Waals surface area contributed by atoms with Crippen molar-refractivity contribution in [2.24, 2.45) is 0 Å². The number of anilines is 1. The van der Waals surface area contributed by atoms with Gasteiger partial charge in [-0.15, -0.1) is 0 Å². The van der Waals surface area contributed by atoms with E-state index in [4.69, 9.17) is 0 Å². The number of halogens is 1. The lowest BCUT2D eigenvalue weighted by atomic mass is 10.5. The van der Waals surface area contributed by atoms with Gasteiger partial charge >= 0.3 is 0 Å². The van der Waals surface area contributed by atoms with Crippen molar-refractivity contribution >= 4 is 39.6 Å². The fourth-order valence-corrected chi connectivity index (χ4v) is 1.36. The van der Waals surface area contributed by atoms with Crippen LogP contribution in [0, 0.1) is 0 Å². The van der Waals surface area contributed by atoms with Gasteiger partial charge in [0, 0.05) is 0 Å². The number of aromatic amines is 1. The fourth-order valence-electron chi connectivity index (χ4n) is 1.06. The summed E-state index contributed by atoms with van der Waals surface area (Å²) in [6, 6.07) is 0. The maximum Gasteiger partial charge on any atom is 0.182 e. The third-order valence-corrected chi connectivity index (χ3v) is 1.87. The van der Waals surface area contributed by atoms with Crippen LogP contribution in [-0.2, 0) is 0 Å². The molecular weight excluding hydrogens is 281 g/mol. The highest BCUT2D eigenvalue weighted by Crippen LogP contribution is 2.16. The van der Waals surface area contributed by atoms with Crippen LogP contribution in [0.3, 0.4) is 0 Å². The van der Waals surface area contributed by atoms with Crippen molar-refractivity contribution in [3.8, 4) is 0 Å². The van der Waals surface area contributed by atoms with Crippen LogP contribution in [-0.4, -0.2) is 24.0 Å². The minimum absolute atomic E-state index is 0.319. The summed E-state index contributed by atoms with van der Waals surface area (Å²) < 4.78 is 0.319. The Labute approximate surface area is 88.5 Å². The standard InChI is InChI=1S/C7H8IN5/c1-4(8)13-7-5-6(10-2-9-5)11-3-12-7/h2-4H,1H3,(H2,9,10,11,12,13)/t4-/m1/s1. The van der Waals surface area contributed by atoms with Gasteiger partial charge in [-0.25, -0.2) is 15.0 Å². The Kier molecular flexibility index (Phi) is 2.30. The minimum Gasteiger partial charge on any atom is -0.357 e. The van der Waals surface area contributed by atoms with Gasteiger partial charge < -0.3 is 10.3 Å². The molecule has 2 rings (SSSR count). The van der Waals surface area contributed by atoms with Crippen molar-refractivity contribution in [2.45, 2.75) is 11.0 Å². The van der Waals surface area contributed by atoms with Gasteiger partial charge in [0.1, 0.15) is 11.8 Å². The number of nitrogens with zero attached hydrogens (tertiary/aromatic N) is 3. The molecule has 0 spiro atoms. The number of imidazole rings is 1. The van der Waals surface area contributed by atoms with E-state index in [1.54, 1.807) is 6.33 Å². The summed E-state index contributed by atoms with van der Waals surface area (Å²) in [7, 11) is 0. The molecule has 5 nitrogen and oxygen atoms in total. The van der Waals surface area contributed by atoms with E-state index in [1.165, 1.54) is 6.33 Å². The maximum atomic E-state index is 4.12. The third-order valence-electron chi connectivity index (χ3n) is 1.56. The monoisotopic (exact) mass is 289 g/mol. The van der Waals surface area contributed by atoms with Crippen molar-refractivity contribution in [3.63, 3.8) is 0 Å². The van der Waals surface area contributed by atoms with Crippen LogP contribution in [0.25, 0.3) is 11.2 Å². The predicted octanol–water partition coefficient (Wildman–Crippen LogP) is 1.55. The fraction of sp³-hybridized carbons (Fsp3) is 0.286. The highest BCUT2D eigenvalue weighted by Gasteiger charge is 2.05. The predicted molar refractivity (Wildman–Crippen MR) is 58.8 cm³/mol. The molecule has 6 heteroatoms. The van der Waals surface area contributed by atoms with Gasteiger partial charge in [0.05, 0.1) is 10.4 Å². The Morgan fingerprint density at radius 1 is 1.46 bits per heavy atom. The molecule has 0 bridgehead atoms. The van der Waals surface area contributed by atoms with Crippen molar-refractivity contribution in [3.05, 3.63) is 12.7 Å². The molecule has 2 aromatic rings. The lowest BCUT2D eigenvalue weighted by Gasteiger charge is -2.06. The molecule has 0 aliphatic heterocycles. The maximum absolute atomic E-state index is 4.12. The van der Waals surface area contributed by atoms with E-state index < -0.39 is 0 Å². The number of alkyl halides is 1. The number of rotatable bonds is 2. The summed E-state index contributed by atoms with van der Waals surface area (Å²) in [5, 5.41) is 3.20. The summed E-state index contributed by atoms with van der Waals surface area (Å²) in [6.45, 7) is 2.05. The Morgan fingerprint density at radius 2 is 2.31 bits per heavy atom. The molecule has 0 saturated carbocycles. The molecule has 68 valence electrons. The zero-order valence-electron chi connectivity index (χ0n) is 6.95. The number of H-pyrrole nitrogens is 1. The summed E-state index contributed by atoms with van der Waals surface area (Å²) >= 11 is 2.27. The second-order valence-electron chi connectivity index (χ2n) is 2.58. The normalized spacial score (nSPS) is 13.1.